The number of nitrogens with one attached hydrogen (secondary N) is 2. The molecule has 0 spiro atoms. The van der Waals surface area contributed by atoms with Crippen LogP contribution in [0.3, 0.4) is 0 Å². The Morgan fingerprint density at radius 3 is 2.39 bits per heavy atom. The molecule has 0 bridgehead atoms. The minimum atomic E-state index is -0.156. The molecule has 0 saturated heterocycles. The van der Waals surface area contributed by atoms with Gasteiger partial charge in [-0.3, -0.25) is 0 Å². The molecular formula is C14H14BrFN2. The lowest BCUT2D eigenvalue weighted by atomic mass is 10.1. The first-order chi connectivity index (χ1) is 8.81. The summed E-state index contributed by atoms with van der Waals surface area (Å²) in [5.74, 6) is -0.156. The number of rotatable bonds is 5. The number of hydrogen-bond donors (Lipinski definition) is 2. The zero-order valence-corrected chi connectivity index (χ0v) is 11.4. The van der Waals surface area contributed by atoms with Crippen LogP contribution in [0, 0.1) is 5.82 Å². The average molecular weight is 309 g/mol. The van der Waals surface area contributed by atoms with Gasteiger partial charge in [-0.25, -0.2) is 9.82 Å². The smallest absolute Gasteiger partial charge is 0.131 e. The van der Waals surface area contributed by atoms with Crippen LogP contribution < -0.4 is 10.9 Å². The molecule has 0 aliphatic rings. The Morgan fingerprint density at radius 1 is 0.944 bits per heavy atom. The summed E-state index contributed by atoms with van der Waals surface area (Å²) in [6, 6.07) is 15.1. The van der Waals surface area contributed by atoms with Crippen LogP contribution in [-0.4, -0.2) is 0 Å². The molecule has 0 aliphatic heterocycles. The number of anilines is 1. The summed E-state index contributed by atoms with van der Waals surface area (Å²) >= 11 is 3.27. The van der Waals surface area contributed by atoms with Gasteiger partial charge in [0, 0.05) is 23.1 Å². The molecule has 94 valence electrons. The number of benzene rings is 2. The predicted octanol–water partition coefficient (Wildman–Crippen LogP) is 3.84. The van der Waals surface area contributed by atoms with Crippen molar-refractivity contribution < 1.29 is 4.39 Å². The standard InChI is InChI=1S/C14H14BrFN2/c15-9-11-5-4-6-12(14(11)16)10-17-18-13-7-2-1-3-8-13/h1-8,17-18H,9-10H2. The van der Waals surface area contributed by atoms with E-state index in [1.807, 2.05) is 36.4 Å². The quantitative estimate of drug-likeness (QED) is 0.648. The highest BCUT2D eigenvalue weighted by atomic mass is 79.9. The minimum Gasteiger partial charge on any atom is -0.321 e. The number of hydrogen-bond acceptors (Lipinski definition) is 2. The van der Waals surface area contributed by atoms with E-state index in [9.17, 15) is 4.39 Å². The molecule has 2 aromatic carbocycles. The highest BCUT2D eigenvalue weighted by molar-refractivity contribution is 9.08. The van der Waals surface area contributed by atoms with E-state index in [4.69, 9.17) is 0 Å². The summed E-state index contributed by atoms with van der Waals surface area (Å²) in [6.07, 6.45) is 0. The van der Waals surface area contributed by atoms with E-state index in [1.165, 1.54) is 0 Å². The van der Waals surface area contributed by atoms with Crippen molar-refractivity contribution >= 4 is 21.6 Å². The molecule has 0 fully saturated rings. The summed E-state index contributed by atoms with van der Waals surface area (Å²) in [6.45, 7) is 0.432. The molecule has 0 aromatic heterocycles. The van der Waals surface area contributed by atoms with Crippen LogP contribution in [0.4, 0.5) is 10.1 Å². The molecule has 0 amide bonds. The van der Waals surface area contributed by atoms with Crippen LogP contribution in [0.25, 0.3) is 0 Å². The van der Waals surface area contributed by atoms with E-state index in [2.05, 4.69) is 26.8 Å². The molecule has 0 saturated carbocycles. The molecule has 0 atom stereocenters. The largest absolute Gasteiger partial charge is 0.321 e. The first-order valence-electron chi connectivity index (χ1n) is 5.67. The van der Waals surface area contributed by atoms with Gasteiger partial charge in [0.1, 0.15) is 5.82 Å². The van der Waals surface area contributed by atoms with Crippen LogP contribution in [0.5, 0.6) is 0 Å². The van der Waals surface area contributed by atoms with Crippen LogP contribution >= 0.6 is 15.9 Å². The van der Waals surface area contributed by atoms with E-state index in [-0.39, 0.29) is 5.82 Å². The highest BCUT2D eigenvalue weighted by Crippen LogP contribution is 2.15. The summed E-state index contributed by atoms with van der Waals surface area (Å²) in [5, 5.41) is 0.527. The van der Waals surface area contributed by atoms with Gasteiger partial charge in [-0.15, -0.1) is 0 Å². The lowest BCUT2D eigenvalue weighted by molar-refractivity contribution is 0.591. The average Bonchev–Trinajstić information content (AvgIpc) is 2.42. The third kappa shape index (κ3) is 3.31. The number of alkyl halides is 1. The molecule has 18 heavy (non-hydrogen) atoms. The van der Waals surface area contributed by atoms with E-state index < -0.39 is 0 Å². The van der Waals surface area contributed by atoms with Crippen molar-refractivity contribution in [2.75, 3.05) is 5.43 Å². The van der Waals surface area contributed by atoms with Gasteiger partial charge in [-0.2, -0.15) is 0 Å². The molecule has 0 aliphatic carbocycles. The SMILES string of the molecule is Fc1c(CBr)cccc1CNNc1ccccc1. The Balaban J connectivity index is 1.95. The van der Waals surface area contributed by atoms with Gasteiger partial charge in [-0.05, 0) is 17.7 Å². The second kappa shape index (κ2) is 6.52. The van der Waals surface area contributed by atoms with Crippen LogP contribution in [0.15, 0.2) is 48.5 Å². The second-order valence-electron chi connectivity index (χ2n) is 3.87. The van der Waals surface area contributed by atoms with E-state index in [0.717, 1.165) is 5.69 Å². The van der Waals surface area contributed by atoms with Crippen LogP contribution in [-0.2, 0) is 11.9 Å². The van der Waals surface area contributed by atoms with Gasteiger partial charge in [-0.1, -0.05) is 52.3 Å². The Kier molecular flexibility index (Phi) is 4.73. The normalized spacial score (nSPS) is 10.3. The van der Waals surface area contributed by atoms with Gasteiger partial charge in [0.15, 0.2) is 0 Å². The maximum Gasteiger partial charge on any atom is 0.131 e. The topological polar surface area (TPSA) is 24.1 Å². The summed E-state index contributed by atoms with van der Waals surface area (Å²) < 4.78 is 13.9. The monoisotopic (exact) mass is 308 g/mol. The summed E-state index contributed by atoms with van der Waals surface area (Å²) in [7, 11) is 0. The van der Waals surface area contributed by atoms with Crippen LogP contribution in [0.2, 0.25) is 0 Å². The van der Waals surface area contributed by atoms with E-state index >= 15 is 0 Å². The van der Waals surface area contributed by atoms with Gasteiger partial charge in [0.2, 0.25) is 0 Å². The lowest BCUT2D eigenvalue weighted by Gasteiger charge is -2.10. The molecule has 0 heterocycles. The van der Waals surface area contributed by atoms with Crippen molar-refractivity contribution in [3.8, 4) is 0 Å². The van der Waals surface area contributed by atoms with Crippen LogP contribution in [0.1, 0.15) is 11.1 Å². The fraction of sp³-hybridized carbons (Fsp3) is 0.143. The second-order valence-corrected chi connectivity index (χ2v) is 4.43. The Hall–Kier alpha value is -1.39. The predicted molar refractivity (Wildman–Crippen MR) is 75.9 cm³/mol. The molecule has 2 N–H and O–H groups in total. The fourth-order valence-corrected chi connectivity index (χ4v) is 2.07. The lowest BCUT2D eigenvalue weighted by Crippen LogP contribution is -2.21. The van der Waals surface area contributed by atoms with Gasteiger partial charge in [0.05, 0.1) is 0 Å². The third-order valence-electron chi connectivity index (χ3n) is 2.59. The van der Waals surface area contributed by atoms with Crippen molar-refractivity contribution in [2.45, 2.75) is 11.9 Å². The number of para-hydroxylation sites is 1. The Bertz CT molecular complexity index is 502. The molecule has 2 nitrogen and oxygen atoms in total. The van der Waals surface area contributed by atoms with E-state index in [0.29, 0.717) is 23.0 Å². The zero-order valence-electron chi connectivity index (χ0n) is 9.79. The van der Waals surface area contributed by atoms with Crippen molar-refractivity contribution in [3.05, 3.63) is 65.5 Å². The van der Waals surface area contributed by atoms with E-state index in [1.54, 1.807) is 12.1 Å². The highest BCUT2D eigenvalue weighted by Gasteiger charge is 2.06. The molecule has 2 aromatic rings. The summed E-state index contributed by atoms with van der Waals surface area (Å²) in [4.78, 5) is 0. The Labute approximate surface area is 114 Å². The number of halogens is 2. The first-order valence-corrected chi connectivity index (χ1v) is 6.79. The summed E-state index contributed by atoms with van der Waals surface area (Å²) in [5.41, 5.74) is 8.31. The zero-order chi connectivity index (χ0) is 12.8. The van der Waals surface area contributed by atoms with Crippen molar-refractivity contribution in [3.63, 3.8) is 0 Å². The minimum absolute atomic E-state index is 0.156. The third-order valence-corrected chi connectivity index (χ3v) is 3.19. The van der Waals surface area contributed by atoms with Crippen molar-refractivity contribution in [2.24, 2.45) is 0 Å². The molecule has 4 heteroatoms. The van der Waals surface area contributed by atoms with Gasteiger partial charge in [0.25, 0.3) is 0 Å². The molecule has 0 radical (unpaired) electrons. The van der Waals surface area contributed by atoms with Gasteiger partial charge >= 0.3 is 0 Å². The Morgan fingerprint density at radius 2 is 1.67 bits per heavy atom. The maximum absolute atomic E-state index is 13.9. The number of hydrazine groups is 1. The van der Waals surface area contributed by atoms with Crippen molar-refractivity contribution in [1.29, 1.82) is 0 Å². The fourth-order valence-electron chi connectivity index (χ4n) is 1.64. The van der Waals surface area contributed by atoms with Crippen molar-refractivity contribution in [1.82, 2.24) is 5.43 Å². The molecule has 2 rings (SSSR count). The first kappa shape index (κ1) is 13.1. The molecular weight excluding hydrogens is 295 g/mol. The van der Waals surface area contributed by atoms with Gasteiger partial charge < -0.3 is 5.43 Å². The molecule has 0 unspecified atom stereocenters. The maximum atomic E-state index is 13.9.